The topological polar surface area (TPSA) is 12.0 Å². The van der Waals surface area contributed by atoms with Crippen molar-refractivity contribution in [2.24, 2.45) is 0 Å². The number of nitrogens with one attached hydrogen (secondary N) is 1. The van der Waals surface area contributed by atoms with Crippen LogP contribution in [0.15, 0.2) is 27.1 Å². The zero-order chi connectivity index (χ0) is 8.27. The van der Waals surface area contributed by atoms with Crippen LogP contribution in [0.2, 0.25) is 0 Å². The average Bonchev–Trinajstić information content (AvgIpc) is 1.99. The van der Waals surface area contributed by atoms with Crippen molar-refractivity contribution in [3.8, 4) is 0 Å². The van der Waals surface area contributed by atoms with Crippen molar-refractivity contribution in [2.45, 2.75) is 6.54 Å². The molecule has 0 atom stereocenters. The normalized spacial score (nSPS) is 9.25. The molecule has 1 rings (SSSR count). The molecule has 0 aliphatic heterocycles. The minimum atomic E-state index is 0. The highest BCUT2D eigenvalue weighted by Gasteiger charge is 2.00. The van der Waals surface area contributed by atoms with Crippen molar-refractivity contribution in [1.29, 1.82) is 0 Å². The molecule has 0 aromatic heterocycles. The van der Waals surface area contributed by atoms with Crippen molar-refractivity contribution in [1.82, 2.24) is 5.32 Å². The van der Waals surface area contributed by atoms with Gasteiger partial charge < -0.3 is 5.32 Å². The monoisotopic (exact) mass is 313 g/mol. The summed E-state index contributed by atoms with van der Waals surface area (Å²) in [5.74, 6) is 0. The fraction of sp³-hybridized carbons (Fsp3) is 0.250. The molecule has 4 heteroatoms. The summed E-state index contributed by atoms with van der Waals surface area (Å²) in [6, 6.07) is 6.14. The van der Waals surface area contributed by atoms with E-state index in [-0.39, 0.29) is 12.4 Å². The summed E-state index contributed by atoms with van der Waals surface area (Å²) < 4.78 is 2.24. The van der Waals surface area contributed by atoms with Crippen molar-refractivity contribution in [2.75, 3.05) is 7.05 Å². The molecule has 0 saturated carbocycles. The minimum absolute atomic E-state index is 0. The molecule has 12 heavy (non-hydrogen) atoms. The van der Waals surface area contributed by atoms with Crippen LogP contribution in [0, 0.1) is 0 Å². The van der Waals surface area contributed by atoms with E-state index in [4.69, 9.17) is 0 Å². The van der Waals surface area contributed by atoms with E-state index in [9.17, 15) is 0 Å². The quantitative estimate of drug-likeness (QED) is 0.882. The Morgan fingerprint density at radius 1 is 1.33 bits per heavy atom. The molecular formula is C8H10Br2ClN. The van der Waals surface area contributed by atoms with Crippen LogP contribution in [-0.2, 0) is 6.54 Å². The molecule has 0 fully saturated rings. The van der Waals surface area contributed by atoms with Crippen LogP contribution in [0.25, 0.3) is 0 Å². The third-order valence-corrected chi connectivity index (χ3v) is 3.53. The largest absolute Gasteiger partial charge is 0.316 e. The average molecular weight is 315 g/mol. The summed E-state index contributed by atoms with van der Waals surface area (Å²) >= 11 is 6.94. The maximum atomic E-state index is 3.49. The van der Waals surface area contributed by atoms with Gasteiger partial charge in [0.1, 0.15) is 0 Å². The van der Waals surface area contributed by atoms with Gasteiger partial charge in [0.25, 0.3) is 0 Å². The van der Waals surface area contributed by atoms with Gasteiger partial charge in [0, 0.05) is 15.5 Å². The fourth-order valence-corrected chi connectivity index (χ4v) is 1.69. The Bertz CT molecular complexity index is 253. The first-order chi connectivity index (χ1) is 5.25. The Hall–Kier alpha value is 0.430. The molecule has 0 amide bonds. The highest BCUT2D eigenvalue weighted by molar-refractivity contribution is 9.13. The number of rotatable bonds is 2. The van der Waals surface area contributed by atoms with Gasteiger partial charge in [-0.15, -0.1) is 12.4 Å². The Balaban J connectivity index is 0.00000121. The molecule has 1 aromatic rings. The van der Waals surface area contributed by atoms with E-state index < -0.39 is 0 Å². The van der Waals surface area contributed by atoms with Gasteiger partial charge in [0.05, 0.1) is 0 Å². The second-order valence-electron chi connectivity index (χ2n) is 2.24. The Morgan fingerprint density at radius 3 is 2.58 bits per heavy atom. The number of hydrogen-bond acceptors (Lipinski definition) is 1. The lowest BCUT2D eigenvalue weighted by atomic mass is 10.2. The Labute approximate surface area is 95.6 Å². The summed E-state index contributed by atoms with van der Waals surface area (Å²) in [5, 5.41) is 3.10. The molecule has 1 nitrogen and oxygen atoms in total. The van der Waals surface area contributed by atoms with Crippen molar-refractivity contribution in [3.05, 3.63) is 32.7 Å². The zero-order valence-electron chi connectivity index (χ0n) is 6.60. The van der Waals surface area contributed by atoms with Crippen molar-refractivity contribution >= 4 is 44.3 Å². The molecule has 0 spiro atoms. The van der Waals surface area contributed by atoms with E-state index in [1.165, 1.54) is 5.56 Å². The van der Waals surface area contributed by atoms with Gasteiger partial charge >= 0.3 is 0 Å². The number of hydrogen-bond donors (Lipinski definition) is 1. The molecule has 1 aromatic carbocycles. The lowest BCUT2D eigenvalue weighted by Crippen LogP contribution is -2.05. The lowest BCUT2D eigenvalue weighted by molar-refractivity contribution is 0.814. The molecule has 0 heterocycles. The summed E-state index contributed by atoms with van der Waals surface area (Å²) in [6.07, 6.45) is 0. The minimum Gasteiger partial charge on any atom is -0.316 e. The van der Waals surface area contributed by atoms with Gasteiger partial charge in [-0.05, 0) is 50.5 Å². The van der Waals surface area contributed by atoms with E-state index in [2.05, 4.69) is 43.2 Å². The van der Waals surface area contributed by atoms with Crippen LogP contribution in [0.4, 0.5) is 0 Å². The number of halogens is 3. The highest BCUT2D eigenvalue weighted by Crippen LogP contribution is 2.26. The van der Waals surface area contributed by atoms with Crippen LogP contribution in [0.1, 0.15) is 5.56 Å². The number of benzene rings is 1. The molecule has 0 saturated heterocycles. The first-order valence-electron chi connectivity index (χ1n) is 3.33. The van der Waals surface area contributed by atoms with Crippen LogP contribution >= 0.6 is 44.3 Å². The Morgan fingerprint density at radius 2 is 2.00 bits per heavy atom. The SMILES string of the molecule is CNCc1cccc(Br)c1Br.Cl. The van der Waals surface area contributed by atoms with Gasteiger partial charge in [-0.25, -0.2) is 0 Å². The molecule has 0 unspecified atom stereocenters. The first-order valence-corrected chi connectivity index (χ1v) is 4.92. The van der Waals surface area contributed by atoms with Gasteiger partial charge in [-0.2, -0.15) is 0 Å². The van der Waals surface area contributed by atoms with E-state index in [1.807, 2.05) is 19.2 Å². The zero-order valence-corrected chi connectivity index (χ0v) is 10.6. The van der Waals surface area contributed by atoms with Crippen LogP contribution < -0.4 is 5.32 Å². The van der Waals surface area contributed by atoms with Gasteiger partial charge in [-0.1, -0.05) is 12.1 Å². The predicted molar refractivity (Wildman–Crippen MR) is 61.9 cm³/mol. The maximum absolute atomic E-state index is 3.49. The van der Waals surface area contributed by atoms with Gasteiger partial charge in [-0.3, -0.25) is 0 Å². The molecule has 0 bridgehead atoms. The van der Waals surface area contributed by atoms with E-state index >= 15 is 0 Å². The van der Waals surface area contributed by atoms with E-state index in [0.29, 0.717) is 0 Å². The summed E-state index contributed by atoms with van der Waals surface area (Å²) in [5.41, 5.74) is 1.27. The van der Waals surface area contributed by atoms with E-state index in [0.717, 1.165) is 15.5 Å². The van der Waals surface area contributed by atoms with Crippen LogP contribution in [-0.4, -0.2) is 7.05 Å². The summed E-state index contributed by atoms with van der Waals surface area (Å²) in [6.45, 7) is 0.889. The Kier molecular flexibility index (Phi) is 6.19. The fourth-order valence-electron chi connectivity index (χ4n) is 0.875. The van der Waals surface area contributed by atoms with Crippen LogP contribution in [0.3, 0.4) is 0 Å². The standard InChI is InChI=1S/C8H9Br2N.ClH/c1-11-5-6-3-2-4-7(9)8(6)10;/h2-4,11H,5H2,1H3;1H. The predicted octanol–water partition coefficient (Wildman–Crippen LogP) is 3.35. The third-order valence-electron chi connectivity index (χ3n) is 1.40. The molecule has 0 aliphatic carbocycles. The van der Waals surface area contributed by atoms with Gasteiger partial charge in [0.15, 0.2) is 0 Å². The van der Waals surface area contributed by atoms with Crippen LogP contribution in [0.5, 0.6) is 0 Å². The molecule has 0 radical (unpaired) electrons. The second-order valence-corrected chi connectivity index (χ2v) is 3.89. The highest BCUT2D eigenvalue weighted by atomic mass is 79.9. The summed E-state index contributed by atoms with van der Waals surface area (Å²) in [7, 11) is 1.94. The molecule has 68 valence electrons. The third kappa shape index (κ3) is 3.05. The van der Waals surface area contributed by atoms with Crippen molar-refractivity contribution in [3.63, 3.8) is 0 Å². The second kappa shape index (κ2) is 5.97. The summed E-state index contributed by atoms with van der Waals surface area (Å²) in [4.78, 5) is 0. The first kappa shape index (κ1) is 12.4. The molecular weight excluding hydrogens is 305 g/mol. The molecule has 0 aliphatic rings. The van der Waals surface area contributed by atoms with Gasteiger partial charge in [0.2, 0.25) is 0 Å². The maximum Gasteiger partial charge on any atom is 0.0362 e. The van der Waals surface area contributed by atoms with Crippen molar-refractivity contribution < 1.29 is 0 Å². The van der Waals surface area contributed by atoms with E-state index in [1.54, 1.807) is 0 Å². The smallest absolute Gasteiger partial charge is 0.0362 e. The lowest BCUT2D eigenvalue weighted by Gasteiger charge is -2.04. The molecule has 1 N–H and O–H groups in total.